The van der Waals surface area contributed by atoms with Crippen molar-refractivity contribution < 1.29 is 12.8 Å². The highest BCUT2D eigenvalue weighted by Crippen LogP contribution is 2.24. The summed E-state index contributed by atoms with van der Waals surface area (Å²) >= 11 is 0. The lowest BCUT2D eigenvalue weighted by molar-refractivity contribution is 0.597. The van der Waals surface area contributed by atoms with Crippen molar-refractivity contribution in [2.75, 3.05) is 4.72 Å². The molecule has 0 aliphatic heterocycles. The lowest BCUT2D eigenvalue weighted by atomic mass is 10.1. The molecule has 4 nitrogen and oxygen atoms in total. The Morgan fingerprint density at radius 3 is 2.20 bits per heavy atom. The average Bonchev–Trinajstić information content (AvgIpc) is 2.25. The Bertz CT molecular complexity index is 735. The number of halogens is 1. The molecule has 0 amide bonds. The number of nitrogens with one attached hydrogen (secondary N) is 1. The van der Waals surface area contributed by atoms with E-state index in [0.717, 1.165) is 5.56 Å². The Kier molecular flexibility index (Phi) is 3.76. The van der Waals surface area contributed by atoms with Gasteiger partial charge in [-0.3, -0.25) is 9.71 Å². The smallest absolute Gasteiger partial charge is 0.262 e. The highest BCUT2D eigenvalue weighted by atomic mass is 32.2. The first-order valence-corrected chi connectivity index (χ1v) is 7.49. The molecule has 0 saturated carbocycles. The van der Waals surface area contributed by atoms with Gasteiger partial charge in [-0.15, -0.1) is 0 Å². The topological polar surface area (TPSA) is 59.1 Å². The van der Waals surface area contributed by atoms with E-state index in [1.54, 1.807) is 26.1 Å². The van der Waals surface area contributed by atoms with Crippen LogP contribution in [0, 0.1) is 26.6 Å². The lowest BCUT2D eigenvalue weighted by Crippen LogP contribution is -2.16. The molecule has 0 bridgehead atoms. The lowest BCUT2D eigenvalue weighted by Gasteiger charge is -2.13. The van der Waals surface area contributed by atoms with Crippen LogP contribution < -0.4 is 4.72 Å². The van der Waals surface area contributed by atoms with E-state index in [9.17, 15) is 12.8 Å². The summed E-state index contributed by atoms with van der Waals surface area (Å²) in [6, 6.07) is 4.09. The number of hydrogen-bond donors (Lipinski definition) is 1. The number of benzene rings is 1. The maximum Gasteiger partial charge on any atom is 0.262 e. The number of anilines is 1. The zero-order valence-corrected chi connectivity index (χ0v) is 12.3. The maximum atomic E-state index is 13.3. The number of sulfonamides is 1. The minimum atomic E-state index is -3.76. The molecule has 6 heteroatoms. The summed E-state index contributed by atoms with van der Waals surface area (Å²) in [6.07, 6.45) is 3.06. The highest BCUT2D eigenvalue weighted by Gasteiger charge is 2.20. The Morgan fingerprint density at radius 2 is 1.65 bits per heavy atom. The number of pyridine rings is 1. The van der Waals surface area contributed by atoms with Gasteiger partial charge in [-0.05, 0) is 55.7 Å². The van der Waals surface area contributed by atoms with Crippen LogP contribution in [0.3, 0.4) is 0 Å². The number of aryl methyl sites for hydroxylation is 3. The number of rotatable bonds is 3. The molecule has 0 atom stereocenters. The molecular weight excluding hydrogens is 279 g/mol. The quantitative estimate of drug-likeness (QED) is 0.946. The first kappa shape index (κ1) is 14.5. The molecule has 2 rings (SSSR count). The van der Waals surface area contributed by atoms with Gasteiger partial charge >= 0.3 is 0 Å². The molecule has 0 unspecified atom stereocenters. The van der Waals surface area contributed by atoms with Crippen molar-refractivity contribution in [3.05, 3.63) is 53.1 Å². The van der Waals surface area contributed by atoms with Crippen molar-refractivity contribution in [3.8, 4) is 0 Å². The standard InChI is InChI=1S/C14H15FN2O2S/c1-9-4-13(8-16-7-9)17-20(18,19)14-10(2)5-12(15)6-11(14)3/h4-8,17H,1-3H3. The second-order valence-corrected chi connectivity index (χ2v) is 6.34. The van der Waals surface area contributed by atoms with Gasteiger partial charge in [0.05, 0.1) is 16.8 Å². The molecule has 0 saturated heterocycles. The molecule has 0 fully saturated rings. The van der Waals surface area contributed by atoms with Crippen molar-refractivity contribution in [3.63, 3.8) is 0 Å². The number of hydrogen-bond acceptors (Lipinski definition) is 3. The minimum Gasteiger partial charge on any atom is -0.278 e. The first-order valence-electron chi connectivity index (χ1n) is 6.01. The van der Waals surface area contributed by atoms with Gasteiger partial charge in [-0.1, -0.05) is 0 Å². The van der Waals surface area contributed by atoms with E-state index in [2.05, 4.69) is 9.71 Å². The summed E-state index contributed by atoms with van der Waals surface area (Å²) in [5, 5.41) is 0. The van der Waals surface area contributed by atoms with Crippen LogP contribution in [0.25, 0.3) is 0 Å². The molecule has 20 heavy (non-hydrogen) atoms. The third kappa shape index (κ3) is 2.96. The minimum absolute atomic E-state index is 0.0976. The molecule has 106 valence electrons. The van der Waals surface area contributed by atoms with Crippen LogP contribution in [0.1, 0.15) is 16.7 Å². The predicted octanol–water partition coefficient (Wildman–Crippen LogP) is 2.95. The summed E-state index contributed by atoms with van der Waals surface area (Å²) in [5.41, 5.74) is 1.97. The van der Waals surface area contributed by atoms with Crippen molar-refractivity contribution in [1.82, 2.24) is 4.98 Å². The molecule has 0 aliphatic rings. The van der Waals surface area contributed by atoms with Crippen LogP contribution in [0.15, 0.2) is 35.5 Å². The van der Waals surface area contributed by atoms with Crippen molar-refractivity contribution in [1.29, 1.82) is 0 Å². The van der Waals surface area contributed by atoms with E-state index >= 15 is 0 Å². The molecule has 1 aromatic carbocycles. The van der Waals surface area contributed by atoms with Gasteiger partial charge in [0.1, 0.15) is 5.82 Å². The summed E-state index contributed by atoms with van der Waals surface area (Å²) in [4.78, 5) is 4.03. The van der Waals surface area contributed by atoms with Gasteiger partial charge in [-0.25, -0.2) is 12.8 Å². The van der Waals surface area contributed by atoms with E-state index in [1.807, 2.05) is 6.92 Å². The van der Waals surface area contributed by atoms with Crippen LogP contribution in [0.5, 0.6) is 0 Å². The van der Waals surface area contributed by atoms with Crippen molar-refractivity contribution >= 4 is 15.7 Å². The van der Waals surface area contributed by atoms with Crippen LogP contribution >= 0.6 is 0 Å². The van der Waals surface area contributed by atoms with E-state index in [4.69, 9.17) is 0 Å². The second kappa shape index (κ2) is 5.20. The largest absolute Gasteiger partial charge is 0.278 e. The van der Waals surface area contributed by atoms with Crippen LogP contribution in [-0.4, -0.2) is 13.4 Å². The Balaban J connectivity index is 2.46. The molecule has 0 aliphatic carbocycles. The van der Waals surface area contributed by atoms with E-state index in [0.29, 0.717) is 16.8 Å². The Hall–Kier alpha value is -1.95. The molecule has 0 spiro atoms. The molecule has 1 N–H and O–H groups in total. The first-order chi connectivity index (χ1) is 9.29. The van der Waals surface area contributed by atoms with Crippen LogP contribution in [0.2, 0.25) is 0 Å². The molecule has 2 aromatic rings. The van der Waals surface area contributed by atoms with Gasteiger partial charge in [0.15, 0.2) is 0 Å². The highest BCUT2D eigenvalue weighted by molar-refractivity contribution is 7.92. The Morgan fingerprint density at radius 1 is 1.05 bits per heavy atom. The van der Waals surface area contributed by atoms with Gasteiger partial charge in [0, 0.05) is 6.20 Å². The fourth-order valence-corrected chi connectivity index (χ4v) is 3.63. The van der Waals surface area contributed by atoms with Gasteiger partial charge in [0.2, 0.25) is 0 Å². The fourth-order valence-electron chi connectivity index (χ4n) is 2.14. The van der Waals surface area contributed by atoms with Gasteiger partial charge in [-0.2, -0.15) is 0 Å². The monoisotopic (exact) mass is 294 g/mol. The zero-order valence-electron chi connectivity index (χ0n) is 11.4. The fraction of sp³-hybridized carbons (Fsp3) is 0.214. The summed E-state index contributed by atoms with van der Waals surface area (Å²) in [6.45, 7) is 4.96. The van der Waals surface area contributed by atoms with E-state index < -0.39 is 15.8 Å². The van der Waals surface area contributed by atoms with E-state index in [-0.39, 0.29) is 4.90 Å². The summed E-state index contributed by atoms with van der Waals surface area (Å²) in [7, 11) is -3.76. The molecule has 1 heterocycles. The summed E-state index contributed by atoms with van der Waals surface area (Å²) in [5.74, 6) is -0.448. The maximum absolute atomic E-state index is 13.3. The average molecular weight is 294 g/mol. The molecular formula is C14H15FN2O2S. The van der Waals surface area contributed by atoms with E-state index in [1.165, 1.54) is 18.3 Å². The second-order valence-electron chi connectivity index (χ2n) is 4.73. The summed E-state index contributed by atoms with van der Waals surface area (Å²) < 4.78 is 40.5. The molecule has 1 aromatic heterocycles. The SMILES string of the molecule is Cc1cncc(NS(=O)(=O)c2c(C)cc(F)cc2C)c1. The van der Waals surface area contributed by atoms with Crippen molar-refractivity contribution in [2.45, 2.75) is 25.7 Å². The van der Waals surface area contributed by atoms with Crippen LogP contribution in [0.4, 0.5) is 10.1 Å². The van der Waals surface area contributed by atoms with Crippen molar-refractivity contribution in [2.24, 2.45) is 0 Å². The number of aromatic nitrogens is 1. The van der Waals surface area contributed by atoms with Crippen LogP contribution in [-0.2, 0) is 10.0 Å². The third-order valence-electron chi connectivity index (χ3n) is 2.82. The van der Waals surface area contributed by atoms with Gasteiger partial charge in [0.25, 0.3) is 10.0 Å². The third-order valence-corrected chi connectivity index (χ3v) is 4.51. The number of nitrogens with zero attached hydrogens (tertiary/aromatic N) is 1. The predicted molar refractivity (Wildman–Crippen MR) is 75.7 cm³/mol. The Labute approximate surface area is 117 Å². The van der Waals surface area contributed by atoms with Gasteiger partial charge < -0.3 is 0 Å². The molecule has 0 radical (unpaired) electrons. The zero-order chi connectivity index (χ0) is 14.9. The normalized spacial score (nSPS) is 11.4.